The van der Waals surface area contributed by atoms with Gasteiger partial charge in [-0.1, -0.05) is 46.8 Å². The molecule has 0 amide bonds. The molecule has 4 nitrogen and oxygen atoms in total. The summed E-state index contributed by atoms with van der Waals surface area (Å²) in [6, 6.07) is 9.00. The van der Waals surface area contributed by atoms with Crippen molar-refractivity contribution in [3.8, 4) is 0 Å². The van der Waals surface area contributed by atoms with Gasteiger partial charge in [-0.25, -0.2) is 0 Å². The number of hydrogen-bond acceptors (Lipinski definition) is 3. The molecule has 1 aromatic heterocycles. The Morgan fingerprint density at radius 1 is 1.18 bits per heavy atom. The van der Waals surface area contributed by atoms with Crippen LogP contribution in [0, 0.1) is 0 Å². The number of nitrogen functional groups attached to an aromatic ring is 1. The summed E-state index contributed by atoms with van der Waals surface area (Å²) < 4.78 is 6.76. The number of nitrogens with zero attached hydrogens (tertiary/aromatic N) is 1. The number of aryl methyl sites for hydroxylation is 1. The van der Waals surface area contributed by atoms with Crippen molar-refractivity contribution >= 4 is 35.0 Å². The number of benzene rings is 1. The molecule has 0 saturated carbocycles. The molecule has 1 aliphatic carbocycles. The van der Waals surface area contributed by atoms with Crippen LogP contribution < -0.4 is 11.3 Å². The number of hydrogen-bond donors (Lipinski definition) is 1. The normalized spacial score (nSPS) is 13.0. The van der Waals surface area contributed by atoms with Crippen molar-refractivity contribution in [2.45, 2.75) is 13.0 Å². The van der Waals surface area contributed by atoms with Crippen LogP contribution in [-0.2, 0) is 17.7 Å². The predicted octanol–water partition coefficient (Wildman–Crippen LogP) is 4.77. The van der Waals surface area contributed by atoms with E-state index in [1.807, 2.05) is 30.3 Å². The van der Waals surface area contributed by atoms with Crippen molar-refractivity contribution in [3.63, 3.8) is 0 Å². The molecule has 2 N–H and O–H groups in total. The molecule has 142 valence electrons. The monoisotopic (exact) mass is 412 g/mol. The van der Waals surface area contributed by atoms with E-state index in [4.69, 9.17) is 33.7 Å². The molecule has 0 spiro atoms. The van der Waals surface area contributed by atoms with Crippen LogP contribution in [0.1, 0.15) is 11.3 Å². The van der Waals surface area contributed by atoms with Gasteiger partial charge in [0.1, 0.15) is 10.8 Å². The third-order valence-corrected chi connectivity index (χ3v) is 4.80. The van der Waals surface area contributed by atoms with E-state index < -0.39 is 0 Å². The third-order valence-electron chi connectivity index (χ3n) is 4.23. The molecule has 1 heterocycles. The molecular formula is C22H18Cl2N2O2. The van der Waals surface area contributed by atoms with Crippen molar-refractivity contribution in [2.24, 2.45) is 0 Å². The Hall–Kier alpha value is -2.87. The molecule has 6 heteroatoms. The molecule has 0 unspecified atom stereocenters. The lowest BCUT2D eigenvalue weighted by Crippen LogP contribution is -2.24. The molecule has 1 aromatic carbocycles. The molecule has 0 saturated heterocycles. The van der Waals surface area contributed by atoms with Gasteiger partial charge >= 0.3 is 0 Å². The number of pyridine rings is 1. The van der Waals surface area contributed by atoms with E-state index in [-0.39, 0.29) is 10.6 Å². The second-order valence-corrected chi connectivity index (χ2v) is 6.94. The molecule has 2 aromatic rings. The number of ether oxygens (including phenoxy) is 1. The summed E-state index contributed by atoms with van der Waals surface area (Å²) in [6.45, 7) is 0.427. The van der Waals surface area contributed by atoms with E-state index in [1.165, 1.54) is 6.07 Å². The van der Waals surface area contributed by atoms with Gasteiger partial charge in [0, 0.05) is 23.9 Å². The molecule has 28 heavy (non-hydrogen) atoms. The maximum atomic E-state index is 12.6. The largest absolute Gasteiger partial charge is 0.496 e. The van der Waals surface area contributed by atoms with E-state index in [2.05, 4.69) is 11.5 Å². The lowest BCUT2D eigenvalue weighted by Gasteiger charge is -2.13. The minimum absolute atomic E-state index is 0.0840. The van der Waals surface area contributed by atoms with Crippen LogP contribution in [0.2, 0.25) is 10.0 Å². The molecular weight excluding hydrogens is 395 g/mol. The summed E-state index contributed by atoms with van der Waals surface area (Å²) >= 11 is 12.4. The summed E-state index contributed by atoms with van der Waals surface area (Å²) in [5, 5.41) is 0.478. The first-order chi connectivity index (χ1) is 13.5. The molecule has 0 bridgehead atoms. The van der Waals surface area contributed by atoms with Gasteiger partial charge in [0.05, 0.1) is 17.8 Å². The Kier molecular flexibility index (Phi) is 6.30. The predicted molar refractivity (Wildman–Crippen MR) is 115 cm³/mol. The first-order valence-electron chi connectivity index (χ1n) is 8.56. The van der Waals surface area contributed by atoms with Crippen molar-refractivity contribution in [1.29, 1.82) is 0 Å². The number of methoxy groups -OCH3 is 1. The van der Waals surface area contributed by atoms with Crippen molar-refractivity contribution in [1.82, 2.24) is 4.57 Å². The van der Waals surface area contributed by atoms with Gasteiger partial charge in [-0.15, -0.1) is 0 Å². The average molecular weight is 413 g/mol. The van der Waals surface area contributed by atoms with Gasteiger partial charge in [0.15, 0.2) is 0 Å². The smallest absolute Gasteiger partial charge is 0.269 e. The first-order valence-corrected chi connectivity index (χ1v) is 9.32. The van der Waals surface area contributed by atoms with Gasteiger partial charge < -0.3 is 15.0 Å². The average Bonchev–Trinajstić information content (AvgIpc) is 2.70. The van der Waals surface area contributed by atoms with Crippen molar-refractivity contribution < 1.29 is 4.74 Å². The summed E-state index contributed by atoms with van der Waals surface area (Å²) in [7, 11) is 1.58. The summed E-state index contributed by atoms with van der Waals surface area (Å²) in [5.41, 5.74) is 14.4. The van der Waals surface area contributed by atoms with Crippen LogP contribution in [0.4, 0.5) is 5.69 Å². The Labute approximate surface area is 173 Å². The van der Waals surface area contributed by atoms with Gasteiger partial charge in [0.25, 0.3) is 5.56 Å². The summed E-state index contributed by atoms with van der Waals surface area (Å²) in [5.74, 6) is 0.668. The summed E-state index contributed by atoms with van der Waals surface area (Å²) in [4.78, 5) is 12.6. The van der Waals surface area contributed by atoms with Crippen LogP contribution in [0.5, 0.6) is 0 Å². The molecule has 0 aliphatic heterocycles. The molecule has 0 fully saturated rings. The molecule has 0 atom stereocenters. The van der Waals surface area contributed by atoms with Crippen molar-refractivity contribution in [3.05, 3.63) is 103 Å². The number of rotatable bonds is 6. The second-order valence-electron chi connectivity index (χ2n) is 6.13. The van der Waals surface area contributed by atoms with Crippen LogP contribution in [0.25, 0.3) is 6.08 Å². The molecule has 1 aliphatic rings. The fourth-order valence-corrected chi connectivity index (χ4v) is 3.27. The Bertz CT molecular complexity index is 1110. The van der Waals surface area contributed by atoms with Gasteiger partial charge in [-0.3, -0.25) is 4.79 Å². The number of anilines is 1. The number of aromatic nitrogens is 1. The lowest BCUT2D eigenvalue weighted by molar-refractivity contribution is 0.306. The SMILES string of the molecule is COC1=CC(/C=C/c2c(Cl)cc(Cl)c(=O)n2CCc2ccc(N)cc2)=C=C=C1. The highest BCUT2D eigenvalue weighted by atomic mass is 35.5. The first kappa shape index (κ1) is 19.9. The van der Waals surface area contributed by atoms with Crippen LogP contribution in [-0.4, -0.2) is 11.7 Å². The summed E-state index contributed by atoms with van der Waals surface area (Å²) in [6.07, 6.45) is 7.70. The Balaban J connectivity index is 1.93. The maximum absolute atomic E-state index is 12.6. The molecule has 0 radical (unpaired) electrons. The Morgan fingerprint density at radius 3 is 2.64 bits per heavy atom. The van der Waals surface area contributed by atoms with Gasteiger partial charge in [0.2, 0.25) is 0 Å². The van der Waals surface area contributed by atoms with E-state index >= 15 is 0 Å². The third kappa shape index (κ3) is 4.69. The van der Waals surface area contributed by atoms with E-state index in [0.29, 0.717) is 35.1 Å². The van der Waals surface area contributed by atoms with Gasteiger partial charge in [-0.2, -0.15) is 0 Å². The highest BCUT2D eigenvalue weighted by Gasteiger charge is 2.11. The fourth-order valence-electron chi connectivity index (χ4n) is 2.73. The van der Waals surface area contributed by atoms with Crippen LogP contribution >= 0.6 is 23.2 Å². The minimum Gasteiger partial charge on any atom is -0.496 e. The number of nitrogens with two attached hydrogens (primary N) is 1. The highest BCUT2D eigenvalue weighted by Crippen LogP contribution is 2.21. The minimum atomic E-state index is -0.289. The number of halogens is 2. The second kappa shape index (κ2) is 8.88. The number of allylic oxidation sites excluding steroid dienone is 4. The van der Waals surface area contributed by atoms with E-state index in [9.17, 15) is 4.79 Å². The topological polar surface area (TPSA) is 57.2 Å². The van der Waals surface area contributed by atoms with Gasteiger partial charge in [-0.05, 0) is 48.4 Å². The maximum Gasteiger partial charge on any atom is 0.269 e. The van der Waals surface area contributed by atoms with Crippen molar-refractivity contribution in [2.75, 3.05) is 12.8 Å². The van der Waals surface area contributed by atoms with Crippen LogP contribution in [0.15, 0.2) is 76.1 Å². The van der Waals surface area contributed by atoms with Crippen LogP contribution in [0.3, 0.4) is 0 Å². The Morgan fingerprint density at radius 2 is 1.93 bits per heavy atom. The fraction of sp³-hybridized carbons (Fsp3) is 0.136. The zero-order valence-corrected chi connectivity index (χ0v) is 16.7. The molecule has 3 rings (SSSR count). The zero-order chi connectivity index (χ0) is 20.1. The van der Waals surface area contributed by atoms with E-state index in [0.717, 1.165) is 11.1 Å². The quantitative estimate of drug-likeness (QED) is 0.548. The lowest BCUT2D eigenvalue weighted by atomic mass is 10.1. The standard InChI is InChI=1S/C22H18Cl2N2O2/c1-28-18-4-2-3-16(13-18)7-10-21-19(23)14-20(24)22(27)26(21)12-11-15-5-8-17(25)9-6-15/h4-10,13-14H,11-12,25H2,1H3/b10-7+. The highest BCUT2D eigenvalue weighted by molar-refractivity contribution is 6.35. The zero-order valence-electron chi connectivity index (χ0n) is 15.2. The van der Waals surface area contributed by atoms with E-state index in [1.54, 1.807) is 29.9 Å².